The zero-order chi connectivity index (χ0) is 13.6. The molecule has 0 radical (unpaired) electrons. The highest BCUT2D eigenvalue weighted by atomic mass is 16.5. The van der Waals surface area contributed by atoms with Crippen molar-refractivity contribution in [3.05, 3.63) is 39.7 Å². The molecule has 3 rings (SSSR count). The fourth-order valence-electron chi connectivity index (χ4n) is 2.15. The number of aromatic hydroxyl groups is 1. The van der Waals surface area contributed by atoms with Gasteiger partial charge in [-0.2, -0.15) is 0 Å². The van der Waals surface area contributed by atoms with Crippen LogP contribution >= 0.6 is 0 Å². The van der Waals surface area contributed by atoms with Crippen LogP contribution in [-0.4, -0.2) is 12.2 Å². The number of hydrogen-bond donors (Lipinski definition) is 1. The molecular weight excluding hydrogens is 248 g/mol. The second-order valence-corrected chi connectivity index (χ2v) is 4.34. The van der Waals surface area contributed by atoms with Crippen molar-refractivity contribution in [1.29, 1.82) is 0 Å². The zero-order valence-corrected chi connectivity index (χ0v) is 10.5. The Labute approximate surface area is 109 Å². The molecule has 1 N–H and O–H groups in total. The SMILES string of the molecule is COc1cc2c(cc1O)OCc1c-2oc(C)cc1=O. The van der Waals surface area contributed by atoms with Gasteiger partial charge in [-0.25, -0.2) is 0 Å². The molecule has 1 aliphatic heterocycles. The first-order valence-corrected chi connectivity index (χ1v) is 5.78. The average Bonchev–Trinajstić information content (AvgIpc) is 2.37. The second-order valence-electron chi connectivity index (χ2n) is 4.34. The van der Waals surface area contributed by atoms with Crippen LogP contribution in [-0.2, 0) is 6.61 Å². The minimum atomic E-state index is -0.114. The lowest BCUT2D eigenvalue weighted by Gasteiger charge is -2.20. The van der Waals surface area contributed by atoms with Crippen LogP contribution in [0.2, 0.25) is 0 Å². The Hall–Kier alpha value is -2.43. The van der Waals surface area contributed by atoms with Gasteiger partial charge in [0.2, 0.25) is 0 Å². The molecule has 2 aromatic rings. The monoisotopic (exact) mass is 260 g/mol. The standard InChI is InChI=1S/C14H12O5/c1-7-3-10(15)9-6-18-12-5-11(16)13(17-2)4-8(12)14(9)19-7/h3-5,16H,6H2,1-2H3. The van der Waals surface area contributed by atoms with Crippen molar-refractivity contribution in [2.75, 3.05) is 7.11 Å². The molecule has 0 saturated heterocycles. The number of benzene rings is 1. The Kier molecular flexibility index (Phi) is 2.48. The lowest BCUT2D eigenvalue weighted by Crippen LogP contribution is -2.16. The highest BCUT2D eigenvalue weighted by molar-refractivity contribution is 5.74. The summed E-state index contributed by atoms with van der Waals surface area (Å²) in [5.74, 6) is 1.77. The summed E-state index contributed by atoms with van der Waals surface area (Å²) in [6.45, 7) is 1.85. The Morgan fingerprint density at radius 3 is 2.84 bits per heavy atom. The van der Waals surface area contributed by atoms with Gasteiger partial charge in [0.1, 0.15) is 23.9 Å². The number of methoxy groups -OCH3 is 1. The molecule has 0 aliphatic carbocycles. The summed E-state index contributed by atoms with van der Waals surface area (Å²) in [7, 11) is 1.46. The third-order valence-electron chi connectivity index (χ3n) is 3.07. The van der Waals surface area contributed by atoms with E-state index in [1.807, 2.05) is 0 Å². The molecule has 0 atom stereocenters. The van der Waals surface area contributed by atoms with Gasteiger partial charge in [-0.1, -0.05) is 0 Å². The molecule has 98 valence electrons. The molecule has 0 amide bonds. The Bertz CT molecular complexity index is 715. The van der Waals surface area contributed by atoms with Crippen LogP contribution in [0.1, 0.15) is 11.3 Å². The van der Waals surface area contributed by atoms with Crippen molar-refractivity contribution in [2.24, 2.45) is 0 Å². The minimum Gasteiger partial charge on any atom is -0.504 e. The van der Waals surface area contributed by atoms with Crippen LogP contribution in [0.25, 0.3) is 11.3 Å². The maximum absolute atomic E-state index is 11.9. The van der Waals surface area contributed by atoms with Gasteiger partial charge < -0.3 is 19.0 Å². The third kappa shape index (κ3) is 1.74. The van der Waals surface area contributed by atoms with Crippen LogP contribution in [0.15, 0.2) is 27.4 Å². The summed E-state index contributed by atoms with van der Waals surface area (Å²) < 4.78 is 16.2. The Balaban J connectivity index is 2.31. The van der Waals surface area contributed by atoms with Gasteiger partial charge in [-0.15, -0.1) is 0 Å². The highest BCUT2D eigenvalue weighted by Gasteiger charge is 2.24. The summed E-state index contributed by atoms with van der Waals surface area (Å²) in [5.41, 5.74) is 0.971. The lowest BCUT2D eigenvalue weighted by molar-refractivity contribution is 0.289. The number of rotatable bonds is 1. The van der Waals surface area contributed by atoms with Crippen molar-refractivity contribution >= 4 is 0 Å². The van der Waals surface area contributed by atoms with Gasteiger partial charge in [0.15, 0.2) is 16.9 Å². The van der Waals surface area contributed by atoms with Crippen molar-refractivity contribution in [1.82, 2.24) is 0 Å². The average molecular weight is 260 g/mol. The van der Waals surface area contributed by atoms with Gasteiger partial charge >= 0.3 is 0 Å². The van der Waals surface area contributed by atoms with E-state index in [-0.39, 0.29) is 17.8 Å². The van der Waals surface area contributed by atoms with E-state index in [0.29, 0.717) is 34.1 Å². The quantitative estimate of drug-likeness (QED) is 0.851. The topological polar surface area (TPSA) is 68.9 Å². The molecule has 1 aromatic heterocycles. The first kappa shape index (κ1) is 11.6. The fraction of sp³-hybridized carbons (Fsp3) is 0.214. The molecule has 19 heavy (non-hydrogen) atoms. The van der Waals surface area contributed by atoms with Gasteiger partial charge in [0.25, 0.3) is 0 Å². The smallest absolute Gasteiger partial charge is 0.192 e. The van der Waals surface area contributed by atoms with Crippen LogP contribution in [0.4, 0.5) is 0 Å². The van der Waals surface area contributed by atoms with Gasteiger partial charge in [-0.3, -0.25) is 4.79 Å². The van der Waals surface area contributed by atoms with Crippen LogP contribution in [0.3, 0.4) is 0 Å². The molecule has 0 spiro atoms. The molecule has 5 nitrogen and oxygen atoms in total. The molecule has 0 unspecified atom stereocenters. The summed E-state index contributed by atoms with van der Waals surface area (Å²) in [4.78, 5) is 11.9. The number of fused-ring (bicyclic) bond motifs is 3. The van der Waals surface area contributed by atoms with E-state index in [2.05, 4.69) is 0 Å². The zero-order valence-electron chi connectivity index (χ0n) is 10.5. The maximum Gasteiger partial charge on any atom is 0.192 e. The van der Waals surface area contributed by atoms with Gasteiger partial charge in [-0.05, 0) is 13.0 Å². The van der Waals surface area contributed by atoms with Crippen LogP contribution in [0, 0.1) is 6.92 Å². The molecule has 0 fully saturated rings. The first-order chi connectivity index (χ1) is 9.10. The van der Waals surface area contributed by atoms with E-state index in [4.69, 9.17) is 13.9 Å². The molecule has 1 aromatic carbocycles. The summed E-state index contributed by atoms with van der Waals surface area (Å²) in [5, 5.41) is 9.73. The van der Waals surface area contributed by atoms with E-state index in [0.717, 1.165) is 0 Å². The number of hydrogen-bond acceptors (Lipinski definition) is 5. The number of phenolic OH excluding ortho intramolecular Hbond substituents is 1. The third-order valence-corrected chi connectivity index (χ3v) is 3.07. The molecule has 1 aliphatic rings. The second kappa shape index (κ2) is 4.05. The molecule has 0 bridgehead atoms. The summed E-state index contributed by atoms with van der Waals surface area (Å²) >= 11 is 0. The predicted molar refractivity (Wildman–Crippen MR) is 67.7 cm³/mol. The van der Waals surface area contributed by atoms with Crippen LogP contribution < -0.4 is 14.9 Å². The Morgan fingerprint density at radius 1 is 1.32 bits per heavy atom. The van der Waals surface area contributed by atoms with Gasteiger partial charge in [0.05, 0.1) is 18.2 Å². The molecule has 0 saturated carbocycles. The number of ether oxygens (including phenoxy) is 2. The van der Waals surface area contributed by atoms with Gasteiger partial charge in [0, 0.05) is 12.1 Å². The fourth-order valence-corrected chi connectivity index (χ4v) is 2.15. The number of aryl methyl sites for hydroxylation is 1. The summed E-state index contributed by atoms with van der Waals surface area (Å²) in [6.07, 6.45) is 0. The van der Waals surface area contributed by atoms with E-state index >= 15 is 0 Å². The van der Waals surface area contributed by atoms with E-state index in [1.54, 1.807) is 13.0 Å². The highest BCUT2D eigenvalue weighted by Crippen LogP contribution is 2.43. The van der Waals surface area contributed by atoms with Crippen molar-refractivity contribution < 1.29 is 19.0 Å². The molecule has 2 heterocycles. The van der Waals surface area contributed by atoms with Crippen molar-refractivity contribution in [3.8, 4) is 28.6 Å². The first-order valence-electron chi connectivity index (χ1n) is 5.78. The van der Waals surface area contributed by atoms with E-state index < -0.39 is 0 Å². The predicted octanol–water partition coefficient (Wildman–Crippen LogP) is 2.22. The van der Waals surface area contributed by atoms with Crippen molar-refractivity contribution in [2.45, 2.75) is 13.5 Å². The normalized spacial score (nSPS) is 12.3. The van der Waals surface area contributed by atoms with E-state index in [1.165, 1.54) is 19.2 Å². The number of phenols is 1. The van der Waals surface area contributed by atoms with E-state index in [9.17, 15) is 9.90 Å². The molecular formula is C14H12O5. The van der Waals surface area contributed by atoms with Crippen LogP contribution in [0.5, 0.6) is 17.2 Å². The molecule has 5 heteroatoms. The van der Waals surface area contributed by atoms with Crippen molar-refractivity contribution in [3.63, 3.8) is 0 Å². The largest absolute Gasteiger partial charge is 0.504 e. The maximum atomic E-state index is 11.9. The summed E-state index contributed by atoms with van der Waals surface area (Å²) in [6, 6.07) is 4.50. The minimum absolute atomic E-state index is 0.0142. The lowest BCUT2D eigenvalue weighted by atomic mass is 10.0. The Morgan fingerprint density at radius 2 is 2.11 bits per heavy atom.